The number of phenols is 1. The van der Waals surface area contributed by atoms with Gasteiger partial charge in [0.05, 0.1) is 10.5 Å². The van der Waals surface area contributed by atoms with Crippen LogP contribution in [0.1, 0.15) is 29.6 Å². The molecule has 2 N–H and O–H groups in total. The molecule has 90 valence electrons. The number of carbonyl (C=O) groups is 1. The van der Waals surface area contributed by atoms with Gasteiger partial charge in [0.15, 0.2) is 0 Å². The molecule has 0 aliphatic carbocycles. The van der Waals surface area contributed by atoms with E-state index in [0.29, 0.717) is 23.0 Å². The molecular weight excluding hydrogens is 284 g/mol. The summed E-state index contributed by atoms with van der Waals surface area (Å²) in [5.74, 6) is -0.174. The zero-order chi connectivity index (χ0) is 12.7. The molecule has 5 heteroatoms. The standard InChI is InChI=1S/C12H13BrN2O2/c13-10-5-4-9(8-11(10)16)12(17)15-7-3-1-2-6-14/h4-5,8,16H,1-3,7H2,(H,15,17). The predicted molar refractivity (Wildman–Crippen MR) is 67.6 cm³/mol. The molecule has 17 heavy (non-hydrogen) atoms. The van der Waals surface area contributed by atoms with Gasteiger partial charge < -0.3 is 10.4 Å². The SMILES string of the molecule is N#CCCCCNC(=O)c1ccc(Br)c(O)c1. The van der Waals surface area contributed by atoms with Gasteiger partial charge in [-0.25, -0.2) is 0 Å². The topological polar surface area (TPSA) is 73.1 Å². The zero-order valence-corrected chi connectivity index (χ0v) is 10.8. The zero-order valence-electron chi connectivity index (χ0n) is 9.24. The van der Waals surface area contributed by atoms with Crippen molar-refractivity contribution >= 4 is 21.8 Å². The lowest BCUT2D eigenvalue weighted by atomic mass is 10.2. The number of amides is 1. The molecule has 1 aromatic rings. The van der Waals surface area contributed by atoms with E-state index in [1.165, 1.54) is 6.07 Å². The van der Waals surface area contributed by atoms with E-state index in [1.807, 2.05) is 0 Å². The minimum atomic E-state index is -0.218. The molecular formula is C12H13BrN2O2. The first-order valence-corrected chi connectivity index (χ1v) is 6.08. The first-order valence-electron chi connectivity index (χ1n) is 5.29. The van der Waals surface area contributed by atoms with Crippen LogP contribution in [0, 0.1) is 11.3 Å². The molecule has 0 heterocycles. The van der Waals surface area contributed by atoms with Gasteiger partial charge in [0.1, 0.15) is 5.75 Å². The fourth-order valence-electron chi connectivity index (χ4n) is 1.29. The lowest BCUT2D eigenvalue weighted by Crippen LogP contribution is -2.24. The van der Waals surface area contributed by atoms with E-state index in [1.54, 1.807) is 12.1 Å². The van der Waals surface area contributed by atoms with E-state index >= 15 is 0 Å². The Morgan fingerprint density at radius 1 is 1.47 bits per heavy atom. The molecule has 0 fully saturated rings. The van der Waals surface area contributed by atoms with Gasteiger partial charge in [-0.1, -0.05) is 0 Å². The van der Waals surface area contributed by atoms with Crippen LogP contribution < -0.4 is 5.32 Å². The van der Waals surface area contributed by atoms with E-state index in [9.17, 15) is 9.90 Å². The Morgan fingerprint density at radius 3 is 2.88 bits per heavy atom. The van der Waals surface area contributed by atoms with Gasteiger partial charge in [-0.15, -0.1) is 0 Å². The van der Waals surface area contributed by atoms with Crippen LogP contribution in [0.5, 0.6) is 5.75 Å². The Morgan fingerprint density at radius 2 is 2.24 bits per heavy atom. The van der Waals surface area contributed by atoms with Crippen molar-refractivity contribution in [3.8, 4) is 11.8 Å². The molecule has 1 amide bonds. The summed E-state index contributed by atoms with van der Waals surface area (Å²) in [6.07, 6.45) is 2.07. The number of aromatic hydroxyl groups is 1. The van der Waals surface area contributed by atoms with Crippen LogP contribution in [0.15, 0.2) is 22.7 Å². The van der Waals surface area contributed by atoms with E-state index in [4.69, 9.17) is 5.26 Å². The highest BCUT2D eigenvalue weighted by Gasteiger charge is 2.07. The summed E-state index contributed by atoms with van der Waals surface area (Å²) in [5.41, 5.74) is 0.422. The number of nitrogens with zero attached hydrogens (tertiary/aromatic N) is 1. The number of nitriles is 1. The Hall–Kier alpha value is -1.54. The number of carbonyl (C=O) groups excluding carboxylic acids is 1. The number of rotatable bonds is 5. The third-order valence-electron chi connectivity index (χ3n) is 2.21. The van der Waals surface area contributed by atoms with Crippen LogP contribution in [0.25, 0.3) is 0 Å². The molecule has 0 bridgehead atoms. The average Bonchev–Trinajstić information content (AvgIpc) is 2.32. The average molecular weight is 297 g/mol. The van der Waals surface area contributed by atoms with Crippen LogP contribution in [-0.4, -0.2) is 17.6 Å². The highest BCUT2D eigenvalue weighted by molar-refractivity contribution is 9.10. The fourth-order valence-corrected chi connectivity index (χ4v) is 1.53. The molecule has 0 aromatic heterocycles. The van der Waals surface area contributed by atoms with Gasteiger partial charge in [0, 0.05) is 18.5 Å². The summed E-state index contributed by atoms with van der Waals surface area (Å²) >= 11 is 3.15. The number of hydrogen-bond donors (Lipinski definition) is 2. The van der Waals surface area contributed by atoms with E-state index in [-0.39, 0.29) is 11.7 Å². The van der Waals surface area contributed by atoms with E-state index in [2.05, 4.69) is 27.3 Å². The third kappa shape index (κ3) is 4.45. The Bertz CT molecular complexity index is 441. The second-order valence-corrected chi connectivity index (χ2v) is 4.39. The van der Waals surface area contributed by atoms with Crippen LogP contribution in [0.3, 0.4) is 0 Å². The number of nitrogens with one attached hydrogen (secondary N) is 1. The van der Waals surface area contributed by atoms with Crippen molar-refractivity contribution in [2.24, 2.45) is 0 Å². The second kappa shape index (κ2) is 6.92. The summed E-state index contributed by atoms with van der Waals surface area (Å²) in [6, 6.07) is 6.72. The molecule has 0 unspecified atom stereocenters. The quantitative estimate of drug-likeness (QED) is 0.820. The van der Waals surface area contributed by atoms with Crippen molar-refractivity contribution in [2.75, 3.05) is 6.54 Å². The first kappa shape index (κ1) is 13.5. The number of halogens is 1. The maximum atomic E-state index is 11.6. The molecule has 0 spiro atoms. The van der Waals surface area contributed by atoms with Gasteiger partial charge in [0.2, 0.25) is 0 Å². The Balaban J connectivity index is 2.42. The van der Waals surface area contributed by atoms with E-state index in [0.717, 1.165) is 12.8 Å². The summed E-state index contributed by atoms with van der Waals surface area (Å²) in [7, 11) is 0. The van der Waals surface area contributed by atoms with Crippen molar-refractivity contribution < 1.29 is 9.90 Å². The van der Waals surface area contributed by atoms with Gasteiger partial charge in [0.25, 0.3) is 5.91 Å². The monoisotopic (exact) mass is 296 g/mol. The molecule has 0 radical (unpaired) electrons. The number of unbranched alkanes of at least 4 members (excludes halogenated alkanes) is 2. The number of benzene rings is 1. The minimum Gasteiger partial charge on any atom is -0.507 e. The smallest absolute Gasteiger partial charge is 0.251 e. The van der Waals surface area contributed by atoms with Crippen LogP contribution in [-0.2, 0) is 0 Å². The number of hydrogen-bond acceptors (Lipinski definition) is 3. The van der Waals surface area contributed by atoms with Crippen LogP contribution >= 0.6 is 15.9 Å². The first-order chi connectivity index (χ1) is 8.15. The summed E-state index contributed by atoms with van der Waals surface area (Å²) in [6.45, 7) is 0.539. The summed E-state index contributed by atoms with van der Waals surface area (Å²) in [4.78, 5) is 11.6. The highest BCUT2D eigenvalue weighted by Crippen LogP contribution is 2.24. The van der Waals surface area contributed by atoms with Gasteiger partial charge in [-0.3, -0.25) is 4.79 Å². The third-order valence-corrected chi connectivity index (χ3v) is 2.88. The number of phenolic OH excluding ortho intramolecular Hbond substituents is 1. The lowest BCUT2D eigenvalue weighted by Gasteiger charge is -2.05. The molecule has 0 saturated heterocycles. The minimum absolute atomic E-state index is 0.0436. The molecule has 0 saturated carbocycles. The summed E-state index contributed by atoms with van der Waals surface area (Å²) in [5, 5.41) is 20.5. The molecule has 0 aliphatic heterocycles. The van der Waals surface area contributed by atoms with Crippen molar-refractivity contribution in [1.29, 1.82) is 5.26 Å². The lowest BCUT2D eigenvalue weighted by molar-refractivity contribution is 0.0952. The van der Waals surface area contributed by atoms with Crippen molar-refractivity contribution in [2.45, 2.75) is 19.3 Å². The highest BCUT2D eigenvalue weighted by atomic mass is 79.9. The maximum absolute atomic E-state index is 11.6. The summed E-state index contributed by atoms with van der Waals surface area (Å²) < 4.78 is 0.558. The van der Waals surface area contributed by atoms with E-state index < -0.39 is 0 Å². The second-order valence-electron chi connectivity index (χ2n) is 3.54. The van der Waals surface area contributed by atoms with Crippen LogP contribution in [0.2, 0.25) is 0 Å². The Labute approximate surface area is 108 Å². The predicted octanol–water partition coefficient (Wildman–Crippen LogP) is 2.58. The van der Waals surface area contributed by atoms with Gasteiger partial charge in [-0.2, -0.15) is 5.26 Å². The molecule has 0 atom stereocenters. The molecule has 0 aliphatic rings. The molecule has 4 nitrogen and oxygen atoms in total. The van der Waals surface area contributed by atoms with Gasteiger partial charge >= 0.3 is 0 Å². The maximum Gasteiger partial charge on any atom is 0.251 e. The largest absolute Gasteiger partial charge is 0.507 e. The Kier molecular flexibility index (Phi) is 5.50. The van der Waals surface area contributed by atoms with Crippen molar-refractivity contribution in [3.05, 3.63) is 28.2 Å². The van der Waals surface area contributed by atoms with Crippen molar-refractivity contribution in [1.82, 2.24) is 5.32 Å². The molecule has 1 aromatic carbocycles. The molecule has 1 rings (SSSR count). The fraction of sp³-hybridized carbons (Fsp3) is 0.333. The normalized spacial score (nSPS) is 9.65. The van der Waals surface area contributed by atoms with Crippen LogP contribution in [0.4, 0.5) is 0 Å². The van der Waals surface area contributed by atoms with Crippen molar-refractivity contribution in [3.63, 3.8) is 0 Å². The van der Waals surface area contributed by atoms with Gasteiger partial charge in [-0.05, 0) is 47.0 Å².